The van der Waals surface area contributed by atoms with Gasteiger partial charge in [-0.3, -0.25) is 0 Å². The molecule has 4 aromatic rings. The fourth-order valence-electron chi connectivity index (χ4n) is 5.55. The van der Waals surface area contributed by atoms with Crippen LogP contribution in [-0.4, -0.2) is 42.9 Å². The number of hydrogen-bond acceptors (Lipinski definition) is 6. The molecule has 1 aliphatic heterocycles. The molecule has 1 unspecified atom stereocenters. The van der Waals surface area contributed by atoms with Gasteiger partial charge < -0.3 is 25.8 Å². The number of fused-ring (bicyclic) bond motifs is 1. The lowest BCUT2D eigenvalue weighted by atomic mass is 9.87. The van der Waals surface area contributed by atoms with Gasteiger partial charge in [-0.05, 0) is 79.4 Å². The van der Waals surface area contributed by atoms with E-state index in [2.05, 4.69) is 127 Å². The van der Waals surface area contributed by atoms with Crippen molar-refractivity contribution in [3.8, 4) is 0 Å². The maximum Gasteiger partial charge on any atom is 0.132 e. The second-order valence-electron chi connectivity index (χ2n) is 10.6. The first-order valence-corrected chi connectivity index (χ1v) is 14.4. The molecule has 41 heavy (non-hydrogen) atoms. The first kappa shape index (κ1) is 28.0. The average Bonchev–Trinajstić information content (AvgIpc) is 3.41. The third-order valence-corrected chi connectivity index (χ3v) is 7.81. The third kappa shape index (κ3) is 6.27. The van der Waals surface area contributed by atoms with Gasteiger partial charge in [-0.1, -0.05) is 48.0 Å². The van der Waals surface area contributed by atoms with E-state index < -0.39 is 0 Å². The minimum atomic E-state index is 0.132. The van der Waals surface area contributed by atoms with Gasteiger partial charge in [0.1, 0.15) is 5.82 Å². The summed E-state index contributed by atoms with van der Waals surface area (Å²) in [6.45, 7) is 9.15. The van der Waals surface area contributed by atoms with E-state index >= 15 is 0 Å². The smallest absolute Gasteiger partial charge is 0.132 e. The molecule has 5 rings (SSSR count). The standard InChI is InChI=1S/C35H40N6/c1-5-41(6-2)35-30(20-26-10-15-31(16-11-26)38-19-7-18-36)22-29-21-28(14-17-32(29)39-35)34(33-23-37-24-40(33)4)27-12-8-25(3)9-13-27/h7-19,21-23,34,36-38H,5-6,20,24H2,1-4H3/b19-7-,36-18?. The Balaban J connectivity index is 1.55. The summed E-state index contributed by atoms with van der Waals surface area (Å²) in [5, 5.41) is 14.9. The van der Waals surface area contributed by atoms with Crippen LogP contribution in [0.2, 0.25) is 0 Å². The summed E-state index contributed by atoms with van der Waals surface area (Å²) in [4.78, 5) is 9.86. The van der Waals surface area contributed by atoms with Gasteiger partial charge in [-0.2, -0.15) is 0 Å². The largest absolute Gasteiger partial charge is 0.372 e. The summed E-state index contributed by atoms with van der Waals surface area (Å²) in [6, 6.07) is 26.5. The molecule has 3 aromatic carbocycles. The first-order valence-electron chi connectivity index (χ1n) is 14.4. The van der Waals surface area contributed by atoms with Crippen LogP contribution in [0.1, 0.15) is 47.6 Å². The highest BCUT2D eigenvalue weighted by Gasteiger charge is 2.25. The molecule has 0 fully saturated rings. The Morgan fingerprint density at radius 1 is 1.00 bits per heavy atom. The highest BCUT2D eigenvalue weighted by molar-refractivity contribution is 5.83. The molecule has 0 bridgehead atoms. The number of rotatable bonds is 11. The molecule has 3 N–H and O–H groups in total. The molecule has 1 aromatic heterocycles. The van der Waals surface area contributed by atoms with Crippen molar-refractivity contribution in [2.24, 2.45) is 0 Å². The highest BCUT2D eigenvalue weighted by atomic mass is 15.3. The van der Waals surface area contributed by atoms with Gasteiger partial charge in [0.05, 0.1) is 18.1 Å². The molecule has 0 saturated heterocycles. The summed E-state index contributed by atoms with van der Waals surface area (Å²) in [5.41, 5.74) is 9.57. The lowest BCUT2D eigenvalue weighted by molar-refractivity contribution is 0.422. The number of hydrogen-bond donors (Lipinski definition) is 3. The molecule has 6 nitrogen and oxygen atoms in total. The third-order valence-electron chi connectivity index (χ3n) is 7.81. The number of nitrogens with one attached hydrogen (secondary N) is 3. The van der Waals surface area contributed by atoms with Crippen LogP contribution in [0.3, 0.4) is 0 Å². The van der Waals surface area contributed by atoms with E-state index in [1.165, 1.54) is 39.7 Å². The minimum absolute atomic E-state index is 0.132. The van der Waals surface area contributed by atoms with Crippen molar-refractivity contribution in [3.05, 3.63) is 125 Å². The van der Waals surface area contributed by atoms with Gasteiger partial charge in [0.15, 0.2) is 0 Å². The Morgan fingerprint density at radius 2 is 1.73 bits per heavy atom. The van der Waals surface area contributed by atoms with Crippen molar-refractivity contribution in [2.45, 2.75) is 33.1 Å². The Hall–Kier alpha value is -4.58. The van der Waals surface area contributed by atoms with Gasteiger partial charge in [0, 0.05) is 61.9 Å². The summed E-state index contributed by atoms with van der Waals surface area (Å²) < 4.78 is 0. The van der Waals surface area contributed by atoms with Gasteiger partial charge in [-0.25, -0.2) is 4.98 Å². The zero-order valence-electron chi connectivity index (χ0n) is 24.5. The van der Waals surface area contributed by atoms with E-state index in [-0.39, 0.29) is 5.92 Å². The number of likely N-dealkylation sites (N-methyl/N-ethyl adjacent to an activating group) is 1. The molecule has 0 spiro atoms. The van der Waals surface area contributed by atoms with Crippen LogP contribution in [0.4, 0.5) is 11.5 Å². The van der Waals surface area contributed by atoms with Crippen molar-refractivity contribution in [1.29, 1.82) is 5.41 Å². The van der Waals surface area contributed by atoms with Crippen molar-refractivity contribution in [2.75, 3.05) is 37.0 Å². The van der Waals surface area contributed by atoms with Crippen LogP contribution in [0.15, 0.2) is 97.0 Å². The van der Waals surface area contributed by atoms with E-state index in [0.717, 1.165) is 48.6 Å². The van der Waals surface area contributed by atoms with E-state index in [9.17, 15) is 0 Å². The first-order chi connectivity index (χ1) is 20.0. The molecule has 6 heteroatoms. The Bertz CT molecular complexity index is 1550. The van der Waals surface area contributed by atoms with E-state index in [1.54, 1.807) is 12.3 Å². The second-order valence-corrected chi connectivity index (χ2v) is 10.6. The Morgan fingerprint density at radius 3 is 2.39 bits per heavy atom. The lowest BCUT2D eigenvalue weighted by Gasteiger charge is -2.26. The van der Waals surface area contributed by atoms with E-state index in [0.29, 0.717) is 0 Å². The molecule has 210 valence electrons. The molecule has 0 radical (unpaired) electrons. The second kappa shape index (κ2) is 12.7. The average molecular weight is 545 g/mol. The predicted molar refractivity (Wildman–Crippen MR) is 173 cm³/mol. The highest BCUT2D eigenvalue weighted by Crippen LogP contribution is 2.36. The quantitative estimate of drug-likeness (QED) is 0.177. The SMILES string of the molecule is CCN(CC)c1nc2ccc(C(C3=CNCN3C)c3ccc(C)cc3)cc2cc1Cc1ccc(N/C=C\C=N)cc1. The van der Waals surface area contributed by atoms with Gasteiger partial charge in [0.2, 0.25) is 0 Å². The van der Waals surface area contributed by atoms with E-state index in [4.69, 9.17) is 10.4 Å². The number of nitrogens with zero attached hydrogens (tertiary/aromatic N) is 3. The van der Waals surface area contributed by atoms with Crippen LogP contribution < -0.4 is 15.5 Å². The molecule has 1 atom stereocenters. The van der Waals surface area contributed by atoms with Crippen molar-refractivity contribution >= 4 is 28.6 Å². The van der Waals surface area contributed by atoms with Crippen LogP contribution in [0, 0.1) is 12.3 Å². The monoisotopic (exact) mass is 544 g/mol. The van der Waals surface area contributed by atoms with Gasteiger partial charge >= 0.3 is 0 Å². The molecule has 0 saturated carbocycles. The maximum atomic E-state index is 7.14. The molecular formula is C35H40N6. The number of aryl methyl sites for hydroxylation is 1. The molecule has 2 heterocycles. The van der Waals surface area contributed by atoms with E-state index in [1.807, 2.05) is 0 Å². The zero-order chi connectivity index (χ0) is 28.8. The fourth-order valence-corrected chi connectivity index (χ4v) is 5.55. The predicted octanol–water partition coefficient (Wildman–Crippen LogP) is 7.02. The van der Waals surface area contributed by atoms with Gasteiger partial charge in [-0.15, -0.1) is 0 Å². The minimum Gasteiger partial charge on any atom is -0.372 e. The molecule has 1 aliphatic rings. The summed E-state index contributed by atoms with van der Waals surface area (Å²) in [7, 11) is 2.15. The fraction of sp³-hybridized carbons (Fsp3) is 0.257. The van der Waals surface area contributed by atoms with Crippen molar-refractivity contribution in [1.82, 2.24) is 15.2 Å². The molecule has 0 amide bonds. The Labute approximate surface area is 243 Å². The van der Waals surface area contributed by atoms with Gasteiger partial charge in [0.25, 0.3) is 0 Å². The number of aromatic nitrogens is 1. The summed E-state index contributed by atoms with van der Waals surface area (Å²) >= 11 is 0. The summed E-state index contributed by atoms with van der Waals surface area (Å²) in [5.74, 6) is 1.19. The maximum absolute atomic E-state index is 7.14. The number of anilines is 2. The number of pyridine rings is 1. The zero-order valence-corrected chi connectivity index (χ0v) is 24.5. The molecular weight excluding hydrogens is 504 g/mol. The topological polar surface area (TPSA) is 67.3 Å². The normalized spacial score (nSPS) is 13.8. The number of allylic oxidation sites excluding steroid dienone is 2. The van der Waals surface area contributed by atoms with Crippen molar-refractivity contribution in [3.63, 3.8) is 0 Å². The van der Waals surface area contributed by atoms with Crippen molar-refractivity contribution < 1.29 is 0 Å². The molecule has 0 aliphatic carbocycles. The lowest BCUT2D eigenvalue weighted by Crippen LogP contribution is -2.24. The Kier molecular flexibility index (Phi) is 8.68. The van der Waals surface area contributed by atoms with Crippen LogP contribution in [-0.2, 0) is 6.42 Å². The van der Waals surface area contributed by atoms with Crippen LogP contribution >= 0.6 is 0 Å². The van der Waals surface area contributed by atoms with Crippen LogP contribution in [0.5, 0.6) is 0 Å². The number of benzene rings is 3. The summed E-state index contributed by atoms with van der Waals surface area (Å²) in [6.07, 6.45) is 7.65. The van der Waals surface area contributed by atoms with Crippen LogP contribution in [0.25, 0.3) is 10.9 Å².